The van der Waals surface area contributed by atoms with Gasteiger partial charge in [-0.25, -0.2) is 9.78 Å². The Hall–Kier alpha value is -2.08. The van der Waals surface area contributed by atoms with Gasteiger partial charge in [0.15, 0.2) is 11.5 Å². The molecule has 0 saturated carbocycles. The number of rotatable bonds is 4. The van der Waals surface area contributed by atoms with E-state index in [9.17, 15) is 9.90 Å². The molecule has 1 aliphatic rings. The van der Waals surface area contributed by atoms with Crippen LogP contribution in [0.3, 0.4) is 0 Å². The molecule has 2 aromatic heterocycles. The Bertz CT molecular complexity index is 638. The lowest BCUT2D eigenvalue weighted by Gasteiger charge is -2.14. The molecule has 0 aromatic carbocycles. The number of imidazole rings is 1. The Kier molecular flexibility index (Phi) is 3.31. The summed E-state index contributed by atoms with van der Waals surface area (Å²) in [6.45, 7) is 3.48. The first-order valence-corrected chi connectivity index (χ1v) is 6.72. The number of hydrogen-bond acceptors (Lipinski definition) is 4. The zero-order valence-electron chi connectivity index (χ0n) is 11.2. The number of anilines is 1. The molecule has 3 rings (SSSR count). The van der Waals surface area contributed by atoms with E-state index in [1.165, 1.54) is 0 Å². The minimum Gasteiger partial charge on any atom is -0.476 e. The molecule has 1 saturated heterocycles. The zero-order valence-corrected chi connectivity index (χ0v) is 11.2. The normalized spacial score (nSPS) is 22.2. The molecule has 2 N–H and O–H groups in total. The summed E-state index contributed by atoms with van der Waals surface area (Å²) in [6.07, 6.45) is 2.90. The molecule has 0 aliphatic carbocycles. The Balaban J connectivity index is 1.87. The number of carboxylic acids is 1. The summed E-state index contributed by atoms with van der Waals surface area (Å²) in [4.78, 5) is 15.8. The van der Waals surface area contributed by atoms with Crippen molar-refractivity contribution in [3.63, 3.8) is 0 Å². The number of hydrogen-bond donors (Lipinski definition) is 2. The van der Waals surface area contributed by atoms with Gasteiger partial charge in [0.05, 0.1) is 6.10 Å². The largest absolute Gasteiger partial charge is 0.476 e. The lowest BCUT2D eigenvalue weighted by atomic mass is 10.0. The standard InChI is InChI=1S/C14H17N3O3/c1-9-10(5-7-20-9)8-15-13-12(14(18)19)17-6-3-2-4-11(17)16-13/h2-4,6,9-10,15H,5,7-8H2,1H3,(H,18,19). The summed E-state index contributed by atoms with van der Waals surface area (Å²) in [5, 5.41) is 12.5. The maximum absolute atomic E-state index is 11.4. The summed E-state index contributed by atoms with van der Waals surface area (Å²) in [6, 6.07) is 5.42. The van der Waals surface area contributed by atoms with Crippen LogP contribution in [-0.4, -0.2) is 39.7 Å². The molecule has 0 spiro atoms. The SMILES string of the molecule is CC1OCCC1CNc1nc2ccccn2c1C(=O)O. The van der Waals surface area contributed by atoms with Gasteiger partial charge in [0.25, 0.3) is 0 Å². The summed E-state index contributed by atoms with van der Waals surface area (Å²) >= 11 is 0. The van der Waals surface area contributed by atoms with Crippen LogP contribution in [0.4, 0.5) is 5.82 Å². The third kappa shape index (κ3) is 2.22. The quantitative estimate of drug-likeness (QED) is 0.891. The van der Waals surface area contributed by atoms with Crippen LogP contribution in [0.1, 0.15) is 23.8 Å². The first-order valence-electron chi connectivity index (χ1n) is 6.72. The van der Waals surface area contributed by atoms with E-state index in [4.69, 9.17) is 4.74 Å². The fourth-order valence-corrected chi connectivity index (χ4v) is 2.60. The lowest BCUT2D eigenvalue weighted by molar-refractivity contribution is 0.0690. The van der Waals surface area contributed by atoms with E-state index >= 15 is 0 Å². The van der Waals surface area contributed by atoms with E-state index in [-0.39, 0.29) is 11.8 Å². The van der Waals surface area contributed by atoms with Crippen molar-refractivity contribution in [3.8, 4) is 0 Å². The number of nitrogens with zero attached hydrogens (tertiary/aromatic N) is 2. The molecule has 0 amide bonds. The van der Waals surface area contributed by atoms with Crippen LogP contribution in [0.15, 0.2) is 24.4 Å². The van der Waals surface area contributed by atoms with Gasteiger partial charge in [-0.1, -0.05) is 6.07 Å². The Morgan fingerprint density at radius 1 is 1.60 bits per heavy atom. The molecule has 2 aromatic rings. The first kappa shape index (κ1) is 12.9. The maximum Gasteiger partial charge on any atom is 0.356 e. The average molecular weight is 275 g/mol. The van der Waals surface area contributed by atoms with Gasteiger partial charge in [-0.3, -0.25) is 4.40 Å². The Morgan fingerprint density at radius 2 is 2.45 bits per heavy atom. The number of carbonyl (C=O) groups is 1. The minimum absolute atomic E-state index is 0.173. The van der Waals surface area contributed by atoms with Gasteiger partial charge in [0.1, 0.15) is 5.65 Å². The van der Waals surface area contributed by atoms with Crippen molar-refractivity contribution in [2.24, 2.45) is 5.92 Å². The molecule has 3 heterocycles. The number of ether oxygens (including phenoxy) is 1. The van der Waals surface area contributed by atoms with Crippen molar-refractivity contribution in [2.45, 2.75) is 19.4 Å². The van der Waals surface area contributed by atoms with Crippen molar-refractivity contribution >= 4 is 17.4 Å². The molecule has 1 fully saturated rings. The summed E-state index contributed by atoms with van der Waals surface area (Å²) in [5.41, 5.74) is 0.801. The Labute approximate surface area is 116 Å². The highest BCUT2D eigenvalue weighted by atomic mass is 16.5. The molecular weight excluding hydrogens is 258 g/mol. The monoisotopic (exact) mass is 275 g/mol. The number of fused-ring (bicyclic) bond motifs is 1. The molecule has 1 aliphatic heterocycles. The molecule has 2 unspecified atom stereocenters. The second kappa shape index (κ2) is 5.13. The molecule has 6 heteroatoms. The molecule has 0 radical (unpaired) electrons. The van der Waals surface area contributed by atoms with Crippen LogP contribution in [0.25, 0.3) is 5.65 Å². The van der Waals surface area contributed by atoms with Gasteiger partial charge in [0.2, 0.25) is 0 Å². The van der Waals surface area contributed by atoms with Gasteiger partial charge >= 0.3 is 5.97 Å². The fourth-order valence-electron chi connectivity index (χ4n) is 2.60. The van der Waals surface area contributed by atoms with E-state index < -0.39 is 5.97 Å². The van der Waals surface area contributed by atoms with E-state index in [0.29, 0.717) is 23.9 Å². The highest BCUT2D eigenvalue weighted by molar-refractivity contribution is 5.92. The van der Waals surface area contributed by atoms with Crippen LogP contribution < -0.4 is 5.32 Å². The van der Waals surface area contributed by atoms with Crippen LogP contribution in [0.5, 0.6) is 0 Å². The van der Waals surface area contributed by atoms with Gasteiger partial charge in [-0.2, -0.15) is 0 Å². The number of pyridine rings is 1. The van der Waals surface area contributed by atoms with Crippen molar-refractivity contribution in [2.75, 3.05) is 18.5 Å². The van der Waals surface area contributed by atoms with Crippen molar-refractivity contribution in [1.82, 2.24) is 9.38 Å². The number of nitrogens with one attached hydrogen (secondary N) is 1. The molecule has 106 valence electrons. The third-order valence-corrected chi connectivity index (χ3v) is 3.80. The van der Waals surface area contributed by atoms with E-state index in [0.717, 1.165) is 13.0 Å². The van der Waals surface area contributed by atoms with E-state index in [2.05, 4.69) is 10.3 Å². The van der Waals surface area contributed by atoms with Crippen molar-refractivity contribution in [1.29, 1.82) is 0 Å². The first-order chi connectivity index (χ1) is 9.66. The zero-order chi connectivity index (χ0) is 14.1. The fraction of sp³-hybridized carbons (Fsp3) is 0.429. The molecule has 6 nitrogen and oxygen atoms in total. The molecule has 0 bridgehead atoms. The van der Waals surface area contributed by atoms with Gasteiger partial charge in [-0.05, 0) is 25.5 Å². The Morgan fingerprint density at radius 3 is 3.15 bits per heavy atom. The van der Waals surface area contributed by atoms with Crippen LogP contribution in [0.2, 0.25) is 0 Å². The summed E-state index contributed by atoms with van der Waals surface area (Å²) < 4.78 is 7.09. The van der Waals surface area contributed by atoms with E-state index in [1.54, 1.807) is 22.7 Å². The number of aromatic carboxylic acids is 1. The predicted octanol–water partition coefficient (Wildman–Crippen LogP) is 1.87. The van der Waals surface area contributed by atoms with Crippen LogP contribution in [0, 0.1) is 5.92 Å². The van der Waals surface area contributed by atoms with Crippen molar-refractivity contribution < 1.29 is 14.6 Å². The highest BCUT2D eigenvalue weighted by Crippen LogP contribution is 2.23. The molecule has 20 heavy (non-hydrogen) atoms. The van der Waals surface area contributed by atoms with Crippen LogP contribution >= 0.6 is 0 Å². The minimum atomic E-state index is -0.984. The second-order valence-corrected chi connectivity index (χ2v) is 5.05. The predicted molar refractivity (Wildman–Crippen MR) is 74.2 cm³/mol. The number of aromatic nitrogens is 2. The highest BCUT2D eigenvalue weighted by Gasteiger charge is 2.25. The topological polar surface area (TPSA) is 75.9 Å². The van der Waals surface area contributed by atoms with E-state index in [1.807, 2.05) is 13.0 Å². The van der Waals surface area contributed by atoms with Gasteiger partial charge in [0, 0.05) is 25.3 Å². The third-order valence-electron chi connectivity index (χ3n) is 3.80. The molecule has 2 atom stereocenters. The summed E-state index contributed by atoms with van der Waals surface area (Å²) in [7, 11) is 0. The van der Waals surface area contributed by atoms with Gasteiger partial charge in [-0.15, -0.1) is 0 Å². The number of carboxylic acid groups (broad SMARTS) is 1. The van der Waals surface area contributed by atoms with Gasteiger partial charge < -0.3 is 15.2 Å². The smallest absolute Gasteiger partial charge is 0.356 e. The van der Waals surface area contributed by atoms with Crippen LogP contribution in [-0.2, 0) is 4.74 Å². The van der Waals surface area contributed by atoms with Crippen molar-refractivity contribution in [3.05, 3.63) is 30.1 Å². The summed E-state index contributed by atoms with van der Waals surface area (Å²) in [5.74, 6) is -0.175. The molecular formula is C14H17N3O3. The maximum atomic E-state index is 11.4. The second-order valence-electron chi connectivity index (χ2n) is 5.05. The lowest BCUT2D eigenvalue weighted by Crippen LogP contribution is -2.21. The average Bonchev–Trinajstić information content (AvgIpc) is 2.99.